The fourth-order valence-electron chi connectivity index (χ4n) is 2.08. The van der Waals surface area contributed by atoms with E-state index in [1.165, 1.54) is 0 Å². The van der Waals surface area contributed by atoms with Crippen molar-refractivity contribution in [1.29, 1.82) is 5.26 Å². The molecule has 0 aliphatic heterocycles. The normalized spacial score (nSPS) is 10.7. The van der Waals surface area contributed by atoms with Crippen LogP contribution in [0, 0.1) is 17.2 Å². The zero-order valence-corrected chi connectivity index (χ0v) is 13.6. The maximum absolute atomic E-state index is 9.36. The molecule has 0 fully saturated rings. The molecular weight excluding hydrogens is 264 g/mol. The van der Waals surface area contributed by atoms with Crippen LogP contribution in [0.4, 0.5) is 5.82 Å². The summed E-state index contributed by atoms with van der Waals surface area (Å²) in [6.45, 7) is 10.4. The summed E-state index contributed by atoms with van der Waals surface area (Å²) in [7, 11) is 0. The minimum Gasteiger partial charge on any atom is -0.380 e. The van der Waals surface area contributed by atoms with Gasteiger partial charge in [-0.15, -0.1) is 5.10 Å². The third-order valence-electron chi connectivity index (χ3n) is 3.34. The number of hydrogen-bond donors (Lipinski definition) is 1. The van der Waals surface area contributed by atoms with Gasteiger partial charge in [-0.1, -0.05) is 27.7 Å². The first-order valence-electron chi connectivity index (χ1n) is 7.74. The van der Waals surface area contributed by atoms with Crippen molar-refractivity contribution in [1.82, 2.24) is 10.2 Å². The second-order valence-corrected chi connectivity index (χ2v) is 5.39. The quantitative estimate of drug-likeness (QED) is 0.708. The number of hydrogen-bond acceptors (Lipinski definition) is 5. The standard InChI is InChI=1S/C16H26N4O/c1-5-13-14(11-17)16(20-19-15(13)6-2)18-8-10-21-9-7-12(3)4/h12H,5-10H2,1-4H3,(H,18,20). The number of ether oxygens (including phenoxy) is 1. The molecule has 0 radical (unpaired) electrons. The number of nitrogens with zero attached hydrogens (tertiary/aromatic N) is 3. The van der Waals surface area contributed by atoms with Gasteiger partial charge in [-0.25, -0.2) is 0 Å². The van der Waals surface area contributed by atoms with Crippen molar-refractivity contribution in [3.05, 3.63) is 16.8 Å². The highest BCUT2D eigenvalue weighted by molar-refractivity contribution is 5.56. The minimum atomic E-state index is 0.569. The topological polar surface area (TPSA) is 70.8 Å². The Morgan fingerprint density at radius 2 is 1.95 bits per heavy atom. The molecule has 1 N–H and O–H groups in total. The predicted molar refractivity (Wildman–Crippen MR) is 84.3 cm³/mol. The van der Waals surface area contributed by atoms with Crippen LogP contribution < -0.4 is 5.32 Å². The molecule has 0 saturated carbocycles. The molecule has 1 aromatic rings. The predicted octanol–water partition coefficient (Wildman–Crippen LogP) is 2.95. The van der Waals surface area contributed by atoms with E-state index >= 15 is 0 Å². The zero-order chi connectivity index (χ0) is 15.7. The number of anilines is 1. The molecular formula is C16H26N4O. The van der Waals surface area contributed by atoms with E-state index in [0.29, 0.717) is 30.5 Å². The van der Waals surface area contributed by atoms with E-state index in [0.717, 1.165) is 37.1 Å². The average molecular weight is 290 g/mol. The van der Waals surface area contributed by atoms with Gasteiger partial charge in [-0.05, 0) is 30.7 Å². The summed E-state index contributed by atoms with van der Waals surface area (Å²) in [5.74, 6) is 1.22. The smallest absolute Gasteiger partial charge is 0.167 e. The molecule has 0 spiro atoms. The van der Waals surface area contributed by atoms with Gasteiger partial charge in [0.1, 0.15) is 11.6 Å². The van der Waals surface area contributed by atoms with Crippen LogP contribution in [0.1, 0.15) is 50.9 Å². The molecule has 116 valence electrons. The number of aryl methyl sites for hydroxylation is 1. The summed E-state index contributed by atoms with van der Waals surface area (Å²) in [4.78, 5) is 0. The molecule has 0 aliphatic rings. The highest BCUT2D eigenvalue weighted by atomic mass is 16.5. The Hall–Kier alpha value is -1.67. The van der Waals surface area contributed by atoms with Crippen LogP contribution in [0.2, 0.25) is 0 Å². The van der Waals surface area contributed by atoms with E-state index < -0.39 is 0 Å². The molecule has 21 heavy (non-hydrogen) atoms. The van der Waals surface area contributed by atoms with Gasteiger partial charge in [-0.3, -0.25) is 0 Å². The van der Waals surface area contributed by atoms with Crippen molar-refractivity contribution in [2.45, 2.75) is 47.0 Å². The van der Waals surface area contributed by atoms with E-state index in [1.54, 1.807) is 0 Å². The van der Waals surface area contributed by atoms with Gasteiger partial charge in [0.25, 0.3) is 0 Å². The second kappa shape index (κ2) is 9.30. The molecule has 0 amide bonds. The van der Waals surface area contributed by atoms with Crippen molar-refractivity contribution in [3.63, 3.8) is 0 Å². The lowest BCUT2D eigenvalue weighted by Gasteiger charge is -2.12. The van der Waals surface area contributed by atoms with Crippen LogP contribution in [0.3, 0.4) is 0 Å². The largest absolute Gasteiger partial charge is 0.380 e. The fourth-order valence-corrected chi connectivity index (χ4v) is 2.08. The first-order chi connectivity index (χ1) is 10.1. The Labute approximate surface area is 127 Å². The Morgan fingerprint density at radius 1 is 1.19 bits per heavy atom. The number of nitrogens with one attached hydrogen (secondary N) is 1. The fraction of sp³-hybridized carbons (Fsp3) is 0.688. The first kappa shape index (κ1) is 17.4. The Kier molecular flexibility index (Phi) is 7.70. The number of nitriles is 1. The molecule has 0 aliphatic carbocycles. The van der Waals surface area contributed by atoms with Crippen LogP contribution in [0.15, 0.2) is 0 Å². The van der Waals surface area contributed by atoms with Crippen molar-refractivity contribution < 1.29 is 4.74 Å². The van der Waals surface area contributed by atoms with Gasteiger partial charge < -0.3 is 10.1 Å². The molecule has 0 atom stereocenters. The van der Waals surface area contributed by atoms with Crippen LogP contribution in [-0.4, -0.2) is 30.0 Å². The molecule has 0 saturated heterocycles. The van der Waals surface area contributed by atoms with Gasteiger partial charge in [-0.2, -0.15) is 10.4 Å². The summed E-state index contributed by atoms with van der Waals surface area (Å²) in [6.07, 6.45) is 2.65. The van der Waals surface area contributed by atoms with Gasteiger partial charge in [0, 0.05) is 13.2 Å². The monoisotopic (exact) mass is 290 g/mol. The molecule has 5 heteroatoms. The first-order valence-corrected chi connectivity index (χ1v) is 7.74. The molecule has 1 heterocycles. The van der Waals surface area contributed by atoms with Crippen molar-refractivity contribution in [2.75, 3.05) is 25.1 Å². The Bertz CT molecular complexity index is 480. The van der Waals surface area contributed by atoms with E-state index in [4.69, 9.17) is 4.74 Å². The van der Waals surface area contributed by atoms with Crippen LogP contribution >= 0.6 is 0 Å². The van der Waals surface area contributed by atoms with Gasteiger partial charge in [0.2, 0.25) is 0 Å². The van der Waals surface area contributed by atoms with E-state index in [9.17, 15) is 5.26 Å². The van der Waals surface area contributed by atoms with Gasteiger partial charge in [0.05, 0.1) is 12.3 Å². The minimum absolute atomic E-state index is 0.569. The van der Waals surface area contributed by atoms with Crippen LogP contribution in [0.25, 0.3) is 0 Å². The molecule has 1 rings (SSSR count). The van der Waals surface area contributed by atoms with Crippen LogP contribution in [-0.2, 0) is 17.6 Å². The summed E-state index contributed by atoms with van der Waals surface area (Å²) in [6, 6.07) is 2.25. The van der Waals surface area contributed by atoms with Gasteiger partial charge >= 0.3 is 0 Å². The maximum Gasteiger partial charge on any atom is 0.167 e. The molecule has 5 nitrogen and oxygen atoms in total. The lowest BCUT2D eigenvalue weighted by Crippen LogP contribution is -2.15. The number of rotatable bonds is 9. The van der Waals surface area contributed by atoms with Crippen molar-refractivity contribution in [3.8, 4) is 6.07 Å². The van der Waals surface area contributed by atoms with Crippen LogP contribution in [0.5, 0.6) is 0 Å². The highest BCUT2D eigenvalue weighted by Crippen LogP contribution is 2.19. The Morgan fingerprint density at radius 3 is 2.52 bits per heavy atom. The lowest BCUT2D eigenvalue weighted by molar-refractivity contribution is 0.132. The summed E-state index contributed by atoms with van der Waals surface area (Å²) < 4.78 is 5.55. The molecule has 0 aromatic carbocycles. The lowest BCUT2D eigenvalue weighted by atomic mass is 10.0. The Balaban J connectivity index is 2.58. The SMILES string of the molecule is CCc1nnc(NCCOCCC(C)C)c(C#N)c1CC. The number of aromatic nitrogens is 2. The third-order valence-corrected chi connectivity index (χ3v) is 3.34. The van der Waals surface area contributed by atoms with E-state index in [1.807, 2.05) is 13.8 Å². The summed E-state index contributed by atoms with van der Waals surface area (Å²) in [5.41, 5.74) is 2.53. The second-order valence-electron chi connectivity index (χ2n) is 5.39. The van der Waals surface area contributed by atoms with Crippen molar-refractivity contribution >= 4 is 5.82 Å². The third kappa shape index (κ3) is 5.31. The maximum atomic E-state index is 9.36. The summed E-state index contributed by atoms with van der Waals surface area (Å²) in [5, 5.41) is 20.9. The summed E-state index contributed by atoms with van der Waals surface area (Å²) >= 11 is 0. The van der Waals surface area contributed by atoms with Gasteiger partial charge in [0.15, 0.2) is 5.82 Å². The average Bonchev–Trinajstić information content (AvgIpc) is 2.49. The molecule has 0 unspecified atom stereocenters. The van der Waals surface area contributed by atoms with E-state index in [-0.39, 0.29) is 0 Å². The van der Waals surface area contributed by atoms with E-state index in [2.05, 4.69) is 35.4 Å². The molecule has 1 aromatic heterocycles. The molecule has 0 bridgehead atoms. The zero-order valence-electron chi connectivity index (χ0n) is 13.6. The highest BCUT2D eigenvalue weighted by Gasteiger charge is 2.13. The van der Waals surface area contributed by atoms with Crippen molar-refractivity contribution in [2.24, 2.45) is 5.92 Å².